The molecule has 0 fully saturated rings. The monoisotopic (exact) mass is 605 g/mol. The van der Waals surface area contributed by atoms with Gasteiger partial charge in [-0.1, -0.05) is 31.9 Å². The zero-order chi connectivity index (χ0) is 26.0. The summed E-state index contributed by atoms with van der Waals surface area (Å²) in [5.41, 5.74) is -2.67. The van der Waals surface area contributed by atoms with Crippen LogP contribution in [0.25, 0.3) is 0 Å². The average molecular weight is 607 g/mol. The Hall–Kier alpha value is -2.95. The predicted octanol–water partition coefficient (Wildman–Crippen LogP) is 5.27. The lowest BCUT2D eigenvalue weighted by molar-refractivity contribution is -0.139. The van der Waals surface area contributed by atoms with Gasteiger partial charge in [0.1, 0.15) is 5.60 Å². The Morgan fingerprint density at radius 3 is 1.94 bits per heavy atom. The number of imide groups is 1. The van der Waals surface area contributed by atoms with Crippen molar-refractivity contribution < 1.29 is 24.2 Å². The molecule has 1 heterocycles. The minimum Gasteiger partial charge on any atom is -0.443 e. The zero-order valence-electron chi connectivity index (χ0n) is 19.6. The summed E-state index contributed by atoms with van der Waals surface area (Å²) in [6.07, 6.45) is 0.934. The van der Waals surface area contributed by atoms with Gasteiger partial charge in [0.15, 0.2) is 0 Å². The summed E-state index contributed by atoms with van der Waals surface area (Å²) >= 11 is 6.70. The summed E-state index contributed by atoms with van der Waals surface area (Å²) in [5.74, 6) is -0.983. The highest BCUT2D eigenvalue weighted by molar-refractivity contribution is 9.10. The third kappa shape index (κ3) is 5.66. The second-order valence-corrected chi connectivity index (χ2v) is 10.5. The van der Waals surface area contributed by atoms with Crippen LogP contribution in [0.1, 0.15) is 26.5 Å². The molecule has 2 amide bonds. The van der Waals surface area contributed by atoms with E-state index >= 15 is 0 Å². The van der Waals surface area contributed by atoms with Gasteiger partial charge in [-0.15, -0.1) is 0 Å². The molecular weight excluding hydrogens is 582 g/mol. The van der Waals surface area contributed by atoms with Crippen molar-refractivity contribution in [2.45, 2.75) is 32.1 Å². The van der Waals surface area contributed by atoms with E-state index in [-0.39, 0.29) is 11.4 Å². The molecule has 1 unspecified atom stereocenters. The van der Waals surface area contributed by atoms with Crippen LogP contribution in [0.5, 0.6) is 0 Å². The number of likely N-dealkylation sites (N-methyl/N-ethyl adjacent to an activating group) is 1. The van der Waals surface area contributed by atoms with E-state index in [1.54, 1.807) is 69.3 Å². The number of amides is 2. The summed E-state index contributed by atoms with van der Waals surface area (Å²) in [5, 5.41) is 12.1. The van der Waals surface area contributed by atoms with E-state index < -0.39 is 23.3 Å². The molecule has 0 spiro atoms. The van der Waals surface area contributed by atoms with Crippen LogP contribution < -0.4 is 9.80 Å². The van der Waals surface area contributed by atoms with Crippen LogP contribution in [-0.2, 0) is 20.1 Å². The van der Waals surface area contributed by atoms with E-state index in [9.17, 15) is 19.5 Å². The number of benzene rings is 2. The molecule has 0 aliphatic heterocycles. The number of aromatic nitrogens is 1. The van der Waals surface area contributed by atoms with E-state index in [2.05, 4.69) is 31.9 Å². The maximum atomic E-state index is 13.9. The number of aliphatic hydroxyl groups is 1. The van der Waals surface area contributed by atoms with Crippen LogP contribution in [0, 0.1) is 0 Å². The second-order valence-electron chi connectivity index (χ2n) is 8.71. The number of rotatable bonds is 6. The number of nitrogens with zero attached hydrogens (tertiary/aromatic N) is 3. The Morgan fingerprint density at radius 2 is 1.46 bits per heavy atom. The molecule has 0 saturated heterocycles. The van der Waals surface area contributed by atoms with Crippen molar-refractivity contribution in [3.8, 4) is 0 Å². The number of halogens is 2. The molecule has 3 aromatic rings. The Balaban J connectivity index is 2.18. The first-order valence-corrected chi connectivity index (χ1v) is 12.1. The highest BCUT2D eigenvalue weighted by atomic mass is 79.9. The fourth-order valence-corrected chi connectivity index (χ4v) is 3.94. The number of hydrogen-bond acceptors (Lipinski definition) is 6. The Labute approximate surface area is 220 Å². The lowest BCUT2D eigenvalue weighted by atomic mass is 10.0. The normalized spacial score (nSPS) is 13.0. The summed E-state index contributed by atoms with van der Waals surface area (Å²) in [6, 6.07) is 16.3. The fraction of sp³-hybridized carbons (Fsp3) is 0.240. The van der Waals surface area contributed by atoms with E-state index in [0.29, 0.717) is 12.1 Å². The number of anilines is 2. The molecule has 1 aromatic heterocycles. The standard InChI is InChI=1S/C25H25Br2N3O5/c1-24(2,3)35-23(33)29-15-5-6-21(29)25(34,28(4)19-11-7-17(26)8-12-19)22(32)30(16-31)20-13-9-18(27)10-14-20/h5-16,34H,1-4H3. The van der Waals surface area contributed by atoms with Gasteiger partial charge in [0.2, 0.25) is 6.41 Å². The van der Waals surface area contributed by atoms with E-state index in [0.717, 1.165) is 18.4 Å². The highest BCUT2D eigenvalue weighted by Gasteiger charge is 2.49. The van der Waals surface area contributed by atoms with Gasteiger partial charge in [-0.25, -0.2) is 9.69 Å². The molecule has 1 N–H and O–H groups in total. The lowest BCUT2D eigenvalue weighted by Gasteiger charge is -2.39. The van der Waals surface area contributed by atoms with Gasteiger partial charge < -0.3 is 14.7 Å². The molecule has 0 radical (unpaired) electrons. The number of ether oxygens (including phenoxy) is 1. The smallest absolute Gasteiger partial charge is 0.418 e. The molecular formula is C25H25Br2N3O5. The minimum absolute atomic E-state index is 0.0915. The Bertz CT molecular complexity index is 1220. The third-order valence-corrected chi connectivity index (χ3v) is 6.18. The van der Waals surface area contributed by atoms with Crippen molar-refractivity contribution in [2.75, 3.05) is 16.8 Å². The van der Waals surface area contributed by atoms with Gasteiger partial charge in [-0.3, -0.25) is 14.2 Å². The fourth-order valence-electron chi connectivity index (χ4n) is 3.41. The van der Waals surface area contributed by atoms with E-state index in [1.807, 2.05) is 0 Å². The third-order valence-electron chi connectivity index (χ3n) is 5.12. The molecule has 3 rings (SSSR count). The van der Waals surface area contributed by atoms with Crippen LogP contribution >= 0.6 is 31.9 Å². The summed E-state index contributed by atoms with van der Waals surface area (Å²) < 4.78 is 8.08. The Kier molecular flexibility index (Phi) is 7.88. The largest absolute Gasteiger partial charge is 0.443 e. The molecule has 8 nitrogen and oxygen atoms in total. The number of carbonyl (C=O) groups is 3. The first-order valence-electron chi connectivity index (χ1n) is 10.6. The number of carbonyl (C=O) groups excluding carboxylic acids is 3. The van der Waals surface area contributed by atoms with Crippen molar-refractivity contribution in [3.63, 3.8) is 0 Å². The summed E-state index contributed by atoms with van der Waals surface area (Å²) in [6.45, 7) is 5.13. The lowest BCUT2D eigenvalue weighted by Crippen LogP contribution is -2.58. The number of hydrogen-bond donors (Lipinski definition) is 1. The Morgan fingerprint density at radius 1 is 0.943 bits per heavy atom. The topological polar surface area (TPSA) is 92.1 Å². The van der Waals surface area contributed by atoms with E-state index in [1.165, 1.54) is 30.3 Å². The first kappa shape index (κ1) is 26.7. The van der Waals surface area contributed by atoms with Gasteiger partial charge >= 0.3 is 6.09 Å². The molecule has 1 atom stereocenters. The zero-order valence-corrected chi connectivity index (χ0v) is 22.8. The van der Waals surface area contributed by atoms with Gasteiger partial charge in [0, 0.05) is 27.9 Å². The van der Waals surface area contributed by atoms with E-state index in [4.69, 9.17) is 4.74 Å². The minimum atomic E-state index is -2.47. The van der Waals surface area contributed by atoms with Crippen LogP contribution in [-0.4, -0.2) is 40.7 Å². The molecule has 35 heavy (non-hydrogen) atoms. The van der Waals surface area contributed by atoms with Crippen LogP contribution in [0.2, 0.25) is 0 Å². The van der Waals surface area contributed by atoms with Crippen LogP contribution in [0.4, 0.5) is 16.2 Å². The van der Waals surface area contributed by atoms with Gasteiger partial charge in [0.25, 0.3) is 11.6 Å². The van der Waals surface area contributed by atoms with Gasteiger partial charge in [-0.05, 0) is 81.4 Å². The second kappa shape index (κ2) is 10.3. The van der Waals surface area contributed by atoms with Gasteiger partial charge in [0.05, 0.1) is 11.4 Å². The average Bonchev–Trinajstić information content (AvgIpc) is 3.30. The maximum absolute atomic E-state index is 13.9. The van der Waals surface area contributed by atoms with Crippen LogP contribution in [0.15, 0.2) is 75.8 Å². The molecule has 10 heteroatoms. The molecule has 184 valence electrons. The van der Waals surface area contributed by atoms with Crippen LogP contribution in [0.3, 0.4) is 0 Å². The van der Waals surface area contributed by atoms with Gasteiger partial charge in [-0.2, -0.15) is 0 Å². The maximum Gasteiger partial charge on any atom is 0.418 e. The molecule has 0 aliphatic carbocycles. The summed E-state index contributed by atoms with van der Waals surface area (Å²) in [7, 11) is 1.50. The van der Waals surface area contributed by atoms with Crippen molar-refractivity contribution >= 4 is 61.6 Å². The predicted molar refractivity (Wildman–Crippen MR) is 140 cm³/mol. The summed E-state index contributed by atoms with van der Waals surface area (Å²) in [4.78, 5) is 41.1. The van der Waals surface area contributed by atoms with Crippen molar-refractivity contribution in [3.05, 3.63) is 81.5 Å². The molecule has 0 aliphatic rings. The first-order chi connectivity index (χ1) is 16.4. The van der Waals surface area contributed by atoms with Crippen molar-refractivity contribution in [1.82, 2.24) is 4.57 Å². The molecule has 2 aromatic carbocycles. The quantitative estimate of drug-likeness (QED) is 0.304. The highest BCUT2D eigenvalue weighted by Crippen LogP contribution is 2.34. The van der Waals surface area contributed by atoms with Crippen molar-refractivity contribution in [2.24, 2.45) is 0 Å². The molecule has 0 bridgehead atoms. The molecule has 0 saturated carbocycles. The SMILES string of the molecule is CN(c1ccc(Br)cc1)C(O)(C(=O)N(C=O)c1ccc(Br)cc1)c1cccn1C(=O)OC(C)(C)C. The van der Waals surface area contributed by atoms with Crippen molar-refractivity contribution in [1.29, 1.82) is 0 Å².